The number of ether oxygens (including phenoxy) is 2. The van der Waals surface area contributed by atoms with Gasteiger partial charge in [-0.3, -0.25) is 4.79 Å². The molecule has 2 rings (SSSR count). The zero-order chi connectivity index (χ0) is 15.9. The number of unbranched alkanes of at least 4 members (excludes halogenated alkanes) is 2. The van der Waals surface area contributed by atoms with Crippen LogP contribution < -0.4 is 9.47 Å². The van der Waals surface area contributed by atoms with Crippen molar-refractivity contribution in [3.8, 4) is 11.5 Å². The standard InChI is InChI=1S/C18H27NO3/c1-4-5-6-9-18(20)19-12-7-8-15(19)14-10-11-16(21-2)17(13-14)22-3/h10-11,13,15H,4-9,12H2,1-3H3. The minimum absolute atomic E-state index is 0.175. The number of hydrogen-bond donors (Lipinski definition) is 0. The molecule has 1 fully saturated rings. The predicted molar refractivity (Wildman–Crippen MR) is 87.4 cm³/mol. The van der Waals surface area contributed by atoms with Gasteiger partial charge in [-0.15, -0.1) is 0 Å². The van der Waals surface area contributed by atoms with Crippen molar-refractivity contribution >= 4 is 5.91 Å². The zero-order valence-electron chi connectivity index (χ0n) is 13.9. The van der Waals surface area contributed by atoms with Gasteiger partial charge in [-0.25, -0.2) is 0 Å². The number of carbonyl (C=O) groups excluding carboxylic acids is 1. The molecular weight excluding hydrogens is 278 g/mol. The van der Waals surface area contributed by atoms with Crippen LogP contribution in [0, 0.1) is 0 Å². The molecule has 0 saturated carbocycles. The summed E-state index contributed by atoms with van der Waals surface area (Å²) < 4.78 is 10.7. The monoisotopic (exact) mass is 305 g/mol. The summed E-state index contributed by atoms with van der Waals surface area (Å²) in [7, 11) is 3.28. The average Bonchev–Trinajstić information content (AvgIpc) is 3.04. The highest BCUT2D eigenvalue weighted by Gasteiger charge is 2.30. The summed E-state index contributed by atoms with van der Waals surface area (Å²) in [6.07, 6.45) is 6.02. The molecule has 4 heteroatoms. The van der Waals surface area contributed by atoms with Gasteiger partial charge in [0.15, 0.2) is 11.5 Å². The summed E-state index contributed by atoms with van der Waals surface area (Å²) in [6, 6.07) is 6.14. The molecule has 1 aromatic carbocycles. The van der Waals surface area contributed by atoms with Gasteiger partial charge in [-0.2, -0.15) is 0 Å². The van der Waals surface area contributed by atoms with Crippen LogP contribution in [0.3, 0.4) is 0 Å². The van der Waals surface area contributed by atoms with Crippen molar-refractivity contribution in [3.05, 3.63) is 23.8 Å². The number of likely N-dealkylation sites (tertiary alicyclic amines) is 1. The van der Waals surface area contributed by atoms with E-state index in [1.54, 1.807) is 14.2 Å². The molecule has 1 aromatic rings. The molecule has 4 nitrogen and oxygen atoms in total. The van der Waals surface area contributed by atoms with Gasteiger partial charge in [-0.1, -0.05) is 25.8 Å². The molecule has 0 aromatic heterocycles. The first-order valence-corrected chi connectivity index (χ1v) is 8.22. The second-order valence-electron chi connectivity index (χ2n) is 5.82. The fraction of sp³-hybridized carbons (Fsp3) is 0.611. The summed E-state index contributed by atoms with van der Waals surface area (Å²) in [5.74, 6) is 1.74. The molecule has 1 aliphatic rings. The fourth-order valence-electron chi connectivity index (χ4n) is 3.14. The molecule has 0 bridgehead atoms. The van der Waals surface area contributed by atoms with Gasteiger partial charge in [0.2, 0.25) is 5.91 Å². The minimum Gasteiger partial charge on any atom is -0.493 e. The summed E-state index contributed by atoms with van der Waals surface area (Å²) >= 11 is 0. The Morgan fingerprint density at radius 1 is 1.23 bits per heavy atom. The second-order valence-corrected chi connectivity index (χ2v) is 5.82. The lowest BCUT2D eigenvalue weighted by Gasteiger charge is -2.26. The lowest BCUT2D eigenvalue weighted by atomic mass is 10.0. The van der Waals surface area contributed by atoms with E-state index in [0.29, 0.717) is 6.42 Å². The molecule has 1 unspecified atom stereocenters. The van der Waals surface area contributed by atoms with Gasteiger partial charge in [-0.05, 0) is 37.0 Å². The Balaban J connectivity index is 2.11. The number of nitrogens with zero attached hydrogens (tertiary/aromatic N) is 1. The molecular formula is C18H27NO3. The van der Waals surface area contributed by atoms with Gasteiger partial charge in [0, 0.05) is 13.0 Å². The summed E-state index contributed by atoms with van der Waals surface area (Å²) in [5.41, 5.74) is 1.14. The average molecular weight is 305 g/mol. The lowest BCUT2D eigenvalue weighted by molar-refractivity contribution is -0.132. The molecule has 0 aliphatic carbocycles. The van der Waals surface area contributed by atoms with Gasteiger partial charge in [0.25, 0.3) is 0 Å². The fourth-order valence-corrected chi connectivity index (χ4v) is 3.14. The first-order chi connectivity index (χ1) is 10.7. The van der Waals surface area contributed by atoms with Crippen LogP contribution in [0.25, 0.3) is 0 Å². The van der Waals surface area contributed by atoms with Gasteiger partial charge in [0.05, 0.1) is 20.3 Å². The Morgan fingerprint density at radius 2 is 2.00 bits per heavy atom. The smallest absolute Gasteiger partial charge is 0.223 e. The van der Waals surface area contributed by atoms with E-state index in [9.17, 15) is 4.79 Å². The number of rotatable bonds is 7. The van der Waals surface area contributed by atoms with E-state index in [1.165, 1.54) is 0 Å². The quantitative estimate of drug-likeness (QED) is 0.716. The van der Waals surface area contributed by atoms with Crippen molar-refractivity contribution < 1.29 is 14.3 Å². The largest absolute Gasteiger partial charge is 0.493 e. The van der Waals surface area contributed by atoms with E-state index in [4.69, 9.17) is 9.47 Å². The molecule has 1 aliphatic heterocycles. The Hall–Kier alpha value is -1.71. The van der Waals surface area contributed by atoms with Gasteiger partial charge >= 0.3 is 0 Å². The summed E-state index contributed by atoms with van der Waals surface area (Å²) in [6.45, 7) is 3.02. The summed E-state index contributed by atoms with van der Waals surface area (Å²) in [5, 5.41) is 0. The topological polar surface area (TPSA) is 38.8 Å². The van der Waals surface area contributed by atoms with Crippen LogP contribution >= 0.6 is 0 Å². The Kier molecular flexibility index (Phi) is 6.10. The number of amides is 1. The van der Waals surface area contributed by atoms with Crippen LogP contribution in [0.5, 0.6) is 11.5 Å². The van der Waals surface area contributed by atoms with E-state index in [0.717, 1.165) is 55.7 Å². The van der Waals surface area contributed by atoms with Crippen molar-refractivity contribution in [2.75, 3.05) is 20.8 Å². The van der Waals surface area contributed by atoms with Crippen molar-refractivity contribution in [1.82, 2.24) is 4.90 Å². The van der Waals surface area contributed by atoms with Crippen molar-refractivity contribution in [1.29, 1.82) is 0 Å². The van der Waals surface area contributed by atoms with Crippen molar-refractivity contribution in [2.24, 2.45) is 0 Å². The molecule has 1 heterocycles. The minimum atomic E-state index is 0.175. The highest BCUT2D eigenvalue weighted by Crippen LogP contribution is 2.37. The first-order valence-electron chi connectivity index (χ1n) is 8.22. The predicted octanol–water partition coefficient (Wildman–Crippen LogP) is 3.95. The van der Waals surface area contributed by atoms with Gasteiger partial charge < -0.3 is 14.4 Å². The number of benzene rings is 1. The maximum atomic E-state index is 12.5. The molecule has 0 N–H and O–H groups in total. The molecule has 122 valence electrons. The van der Waals surface area contributed by atoms with Crippen LogP contribution in [-0.2, 0) is 4.79 Å². The second kappa shape index (κ2) is 8.06. The molecule has 1 amide bonds. The highest BCUT2D eigenvalue weighted by molar-refractivity contribution is 5.77. The van der Waals surface area contributed by atoms with Crippen LogP contribution in [0.15, 0.2) is 18.2 Å². The molecule has 0 radical (unpaired) electrons. The Bertz CT molecular complexity index is 501. The van der Waals surface area contributed by atoms with Crippen LogP contribution in [0.1, 0.15) is 57.1 Å². The molecule has 1 saturated heterocycles. The zero-order valence-corrected chi connectivity index (χ0v) is 13.9. The molecule has 1 atom stereocenters. The maximum absolute atomic E-state index is 12.5. The first kappa shape index (κ1) is 16.7. The van der Waals surface area contributed by atoms with E-state index in [1.807, 2.05) is 23.1 Å². The number of hydrogen-bond acceptors (Lipinski definition) is 3. The van der Waals surface area contributed by atoms with E-state index >= 15 is 0 Å². The number of methoxy groups -OCH3 is 2. The third-order valence-corrected chi connectivity index (χ3v) is 4.36. The third-order valence-electron chi connectivity index (χ3n) is 4.36. The lowest BCUT2D eigenvalue weighted by Crippen LogP contribution is -2.30. The molecule has 0 spiro atoms. The normalized spacial score (nSPS) is 17.6. The molecule has 22 heavy (non-hydrogen) atoms. The maximum Gasteiger partial charge on any atom is 0.223 e. The van der Waals surface area contributed by atoms with E-state index < -0.39 is 0 Å². The van der Waals surface area contributed by atoms with E-state index in [2.05, 4.69) is 6.92 Å². The van der Waals surface area contributed by atoms with Crippen molar-refractivity contribution in [2.45, 2.75) is 51.5 Å². The highest BCUT2D eigenvalue weighted by atomic mass is 16.5. The summed E-state index contributed by atoms with van der Waals surface area (Å²) in [4.78, 5) is 14.5. The Labute approximate surface area is 133 Å². The SMILES string of the molecule is CCCCCC(=O)N1CCCC1c1ccc(OC)c(OC)c1. The third kappa shape index (κ3) is 3.73. The van der Waals surface area contributed by atoms with Gasteiger partial charge in [0.1, 0.15) is 0 Å². The van der Waals surface area contributed by atoms with Crippen molar-refractivity contribution in [3.63, 3.8) is 0 Å². The van der Waals surface area contributed by atoms with Crippen LogP contribution in [-0.4, -0.2) is 31.6 Å². The number of carbonyl (C=O) groups is 1. The van der Waals surface area contributed by atoms with Crippen LogP contribution in [0.2, 0.25) is 0 Å². The van der Waals surface area contributed by atoms with Crippen LogP contribution in [0.4, 0.5) is 0 Å². The van der Waals surface area contributed by atoms with E-state index in [-0.39, 0.29) is 11.9 Å². The Morgan fingerprint density at radius 3 is 2.68 bits per heavy atom.